The number of hydrazine groups is 1. The van der Waals surface area contributed by atoms with Gasteiger partial charge < -0.3 is 5.32 Å². The number of carbonyl (C=O) groups excluding carboxylic acids is 1. The molecule has 0 heterocycles. The molecule has 3 N–H and O–H groups in total. The highest BCUT2D eigenvalue weighted by atomic mass is 35.5. The van der Waals surface area contributed by atoms with E-state index in [4.69, 9.17) is 23.8 Å². The van der Waals surface area contributed by atoms with Gasteiger partial charge in [-0.1, -0.05) is 29.8 Å². The van der Waals surface area contributed by atoms with Gasteiger partial charge in [0.05, 0.1) is 5.75 Å². The highest BCUT2D eigenvalue weighted by Gasteiger charge is 2.03. The molecule has 0 saturated heterocycles. The van der Waals surface area contributed by atoms with Gasteiger partial charge in [-0.05, 0) is 23.8 Å². The summed E-state index contributed by atoms with van der Waals surface area (Å²) in [4.78, 5) is 11.4. The van der Waals surface area contributed by atoms with Crippen molar-refractivity contribution < 1.29 is 4.79 Å². The summed E-state index contributed by atoms with van der Waals surface area (Å²) in [5, 5.41) is 3.79. The van der Waals surface area contributed by atoms with Crippen LogP contribution < -0.4 is 16.2 Å². The van der Waals surface area contributed by atoms with Crippen LogP contribution in [0.3, 0.4) is 0 Å². The largest absolute Gasteiger partial charge is 0.364 e. The Hall–Kier alpha value is -0.980. The van der Waals surface area contributed by atoms with Crippen molar-refractivity contribution in [1.29, 1.82) is 0 Å². The zero-order valence-electron chi connectivity index (χ0n) is 9.83. The summed E-state index contributed by atoms with van der Waals surface area (Å²) in [5.74, 6) is 0.901. The molecular formula is C11H14ClN3OS2. The molecule has 1 rings (SSSR count). The Morgan fingerprint density at radius 2 is 2.11 bits per heavy atom. The predicted octanol–water partition coefficient (Wildman–Crippen LogP) is 1.70. The molecule has 0 aromatic heterocycles. The van der Waals surface area contributed by atoms with Crippen molar-refractivity contribution in [2.45, 2.75) is 5.75 Å². The number of rotatable bonds is 4. The molecule has 0 atom stereocenters. The Labute approximate surface area is 121 Å². The average molecular weight is 304 g/mol. The molecule has 0 radical (unpaired) electrons. The van der Waals surface area contributed by atoms with Crippen molar-refractivity contribution in [3.8, 4) is 0 Å². The van der Waals surface area contributed by atoms with E-state index in [1.807, 2.05) is 24.3 Å². The molecular weight excluding hydrogens is 290 g/mol. The van der Waals surface area contributed by atoms with Crippen LogP contribution in [0.5, 0.6) is 0 Å². The number of carbonyl (C=O) groups is 1. The van der Waals surface area contributed by atoms with Crippen molar-refractivity contribution >= 4 is 46.6 Å². The average Bonchev–Trinajstić information content (AvgIpc) is 2.38. The fourth-order valence-corrected chi connectivity index (χ4v) is 2.26. The molecule has 1 amide bonds. The molecule has 0 aliphatic rings. The minimum absolute atomic E-state index is 0.135. The first-order chi connectivity index (χ1) is 8.63. The minimum Gasteiger partial charge on any atom is -0.364 e. The van der Waals surface area contributed by atoms with E-state index >= 15 is 0 Å². The monoisotopic (exact) mass is 303 g/mol. The van der Waals surface area contributed by atoms with Crippen LogP contribution in [0, 0.1) is 0 Å². The van der Waals surface area contributed by atoms with Gasteiger partial charge in [0.15, 0.2) is 5.11 Å². The van der Waals surface area contributed by atoms with Crippen LogP contribution in [-0.4, -0.2) is 23.8 Å². The van der Waals surface area contributed by atoms with E-state index < -0.39 is 0 Å². The van der Waals surface area contributed by atoms with Gasteiger partial charge in [-0.3, -0.25) is 15.6 Å². The van der Waals surface area contributed by atoms with Crippen LogP contribution in [0.4, 0.5) is 0 Å². The second-order valence-corrected chi connectivity index (χ2v) is 5.14. The number of hydrogen-bond donors (Lipinski definition) is 3. The number of thioether (sulfide) groups is 1. The summed E-state index contributed by atoms with van der Waals surface area (Å²) in [6.45, 7) is 0. The molecule has 1 aromatic rings. The Balaban J connectivity index is 2.24. The topological polar surface area (TPSA) is 53.2 Å². The van der Waals surface area contributed by atoms with Gasteiger partial charge in [-0.15, -0.1) is 11.8 Å². The third-order valence-corrected chi connectivity index (χ3v) is 3.65. The fraction of sp³-hybridized carbons (Fsp3) is 0.273. The molecule has 0 spiro atoms. The molecule has 7 heteroatoms. The lowest BCUT2D eigenvalue weighted by Crippen LogP contribution is -2.46. The van der Waals surface area contributed by atoms with Gasteiger partial charge in [0.2, 0.25) is 5.91 Å². The van der Waals surface area contributed by atoms with Gasteiger partial charge in [0, 0.05) is 17.8 Å². The lowest BCUT2D eigenvalue weighted by molar-refractivity contribution is -0.119. The second-order valence-electron chi connectivity index (χ2n) is 3.34. The highest BCUT2D eigenvalue weighted by molar-refractivity contribution is 7.99. The fourth-order valence-electron chi connectivity index (χ4n) is 1.09. The van der Waals surface area contributed by atoms with E-state index in [-0.39, 0.29) is 5.91 Å². The van der Waals surface area contributed by atoms with Crippen LogP contribution in [-0.2, 0) is 10.5 Å². The number of amides is 1. The zero-order valence-corrected chi connectivity index (χ0v) is 12.2. The Morgan fingerprint density at radius 3 is 2.78 bits per heavy atom. The summed E-state index contributed by atoms with van der Waals surface area (Å²) >= 11 is 12.3. The summed E-state index contributed by atoms with van der Waals surface area (Å²) in [6.07, 6.45) is 0. The number of hydrogen-bond acceptors (Lipinski definition) is 3. The highest BCUT2D eigenvalue weighted by Crippen LogP contribution is 2.20. The Bertz CT molecular complexity index is 429. The number of nitrogens with one attached hydrogen (secondary N) is 3. The molecule has 1 aromatic carbocycles. The third-order valence-electron chi connectivity index (χ3n) is 1.99. The Kier molecular flexibility index (Phi) is 6.85. The van der Waals surface area contributed by atoms with E-state index in [0.717, 1.165) is 10.6 Å². The van der Waals surface area contributed by atoms with E-state index in [1.54, 1.807) is 7.05 Å². The summed E-state index contributed by atoms with van der Waals surface area (Å²) in [6, 6.07) is 7.59. The van der Waals surface area contributed by atoms with Gasteiger partial charge >= 0.3 is 0 Å². The Morgan fingerprint density at radius 1 is 1.39 bits per heavy atom. The van der Waals surface area contributed by atoms with Crippen LogP contribution in [0.1, 0.15) is 5.56 Å². The van der Waals surface area contributed by atoms with Crippen LogP contribution in [0.15, 0.2) is 24.3 Å². The van der Waals surface area contributed by atoms with E-state index in [2.05, 4.69) is 16.2 Å². The van der Waals surface area contributed by atoms with Gasteiger partial charge in [-0.2, -0.15) is 0 Å². The summed E-state index contributed by atoms with van der Waals surface area (Å²) in [7, 11) is 1.67. The lowest BCUT2D eigenvalue weighted by Gasteiger charge is -2.08. The number of thiocarbonyl (C=S) groups is 1. The molecule has 18 heavy (non-hydrogen) atoms. The zero-order chi connectivity index (χ0) is 13.4. The van der Waals surface area contributed by atoms with Crippen molar-refractivity contribution in [2.24, 2.45) is 0 Å². The maximum absolute atomic E-state index is 11.4. The number of benzene rings is 1. The smallest absolute Gasteiger partial charge is 0.248 e. The minimum atomic E-state index is -0.135. The molecule has 0 aliphatic carbocycles. The normalized spacial score (nSPS) is 9.67. The molecule has 98 valence electrons. The SMILES string of the molecule is CNC(=S)NNC(=O)CSCc1ccccc1Cl. The molecule has 4 nitrogen and oxygen atoms in total. The van der Waals surface area contributed by atoms with Crippen molar-refractivity contribution in [3.05, 3.63) is 34.9 Å². The maximum Gasteiger partial charge on any atom is 0.248 e. The molecule has 0 unspecified atom stereocenters. The van der Waals surface area contributed by atoms with Gasteiger partial charge in [-0.25, -0.2) is 0 Å². The molecule has 0 saturated carbocycles. The first-order valence-electron chi connectivity index (χ1n) is 5.21. The first-order valence-corrected chi connectivity index (χ1v) is 7.15. The maximum atomic E-state index is 11.4. The third kappa shape index (κ3) is 5.57. The number of halogens is 1. The summed E-state index contributed by atoms with van der Waals surface area (Å²) in [5.41, 5.74) is 6.09. The lowest BCUT2D eigenvalue weighted by atomic mass is 10.2. The van der Waals surface area contributed by atoms with E-state index in [9.17, 15) is 4.79 Å². The molecule has 0 fully saturated rings. The van der Waals surface area contributed by atoms with Crippen LogP contribution >= 0.6 is 35.6 Å². The van der Waals surface area contributed by atoms with E-state index in [0.29, 0.717) is 16.6 Å². The van der Waals surface area contributed by atoms with Gasteiger partial charge in [0.1, 0.15) is 0 Å². The molecule has 0 aliphatic heterocycles. The molecule has 0 bridgehead atoms. The van der Waals surface area contributed by atoms with Gasteiger partial charge in [0.25, 0.3) is 0 Å². The van der Waals surface area contributed by atoms with Crippen molar-refractivity contribution in [2.75, 3.05) is 12.8 Å². The van der Waals surface area contributed by atoms with Crippen LogP contribution in [0.25, 0.3) is 0 Å². The standard InChI is InChI=1S/C11H14ClN3OS2/c1-13-11(17)15-14-10(16)7-18-6-8-4-2-3-5-9(8)12/h2-5H,6-7H2,1H3,(H,14,16)(H2,13,15,17). The van der Waals surface area contributed by atoms with E-state index in [1.165, 1.54) is 11.8 Å². The quantitative estimate of drug-likeness (QED) is 0.584. The second kappa shape index (κ2) is 8.18. The summed E-state index contributed by atoms with van der Waals surface area (Å²) < 4.78 is 0. The van der Waals surface area contributed by atoms with Crippen molar-refractivity contribution in [1.82, 2.24) is 16.2 Å². The predicted molar refractivity (Wildman–Crippen MR) is 80.6 cm³/mol. The van der Waals surface area contributed by atoms with Crippen molar-refractivity contribution in [3.63, 3.8) is 0 Å². The van der Waals surface area contributed by atoms with Crippen LogP contribution in [0.2, 0.25) is 5.02 Å². The first kappa shape index (κ1) is 15.1.